The molecule has 0 radical (unpaired) electrons. The second-order valence-corrected chi connectivity index (χ2v) is 3.02. The van der Waals surface area contributed by atoms with Gasteiger partial charge >= 0.3 is 5.97 Å². The highest BCUT2D eigenvalue weighted by Gasteiger charge is 1.97. The van der Waals surface area contributed by atoms with Crippen LogP contribution in [0, 0.1) is 0 Å². The Bertz CT molecular complexity index is 187. The summed E-state index contributed by atoms with van der Waals surface area (Å²) in [6, 6.07) is 0. The first-order valence-electron chi connectivity index (χ1n) is 4.77. The molecule has 0 atom stereocenters. The summed E-state index contributed by atoms with van der Waals surface area (Å²) < 4.78 is 5.18. The fourth-order valence-electron chi connectivity index (χ4n) is 0.860. The summed E-state index contributed by atoms with van der Waals surface area (Å²) >= 11 is 0. The molecule has 4 nitrogen and oxygen atoms in total. The van der Waals surface area contributed by atoms with Gasteiger partial charge in [0.1, 0.15) is 0 Å². The van der Waals surface area contributed by atoms with E-state index in [4.69, 9.17) is 14.9 Å². The molecule has 2 N–H and O–H groups in total. The first-order valence-corrected chi connectivity index (χ1v) is 4.77. The zero-order valence-electron chi connectivity index (χ0n) is 8.53. The van der Waals surface area contributed by atoms with Gasteiger partial charge in [-0.15, -0.1) is 0 Å². The van der Waals surface area contributed by atoms with Gasteiger partial charge in [-0.3, -0.25) is 0 Å². The van der Waals surface area contributed by atoms with E-state index in [1.807, 2.05) is 0 Å². The number of carboxylic acids is 1. The molecule has 14 heavy (non-hydrogen) atoms. The minimum atomic E-state index is -0.869. The molecule has 0 rings (SSSR count). The van der Waals surface area contributed by atoms with E-state index >= 15 is 0 Å². The Kier molecular flexibility index (Phi) is 8.17. The predicted molar refractivity (Wildman–Crippen MR) is 53.1 cm³/mol. The minimum Gasteiger partial charge on any atom is -0.478 e. The van der Waals surface area contributed by atoms with E-state index in [1.165, 1.54) is 0 Å². The molecule has 0 saturated carbocycles. The molecule has 0 aromatic heterocycles. The van der Waals surface area contributed by atoms with Gasteiger partial charge < -0.3 is 14.9 Å². The molecule has 0 saturated heterocycles. The molecule has 4 heteroatoms. The lowest BCUT2D eigenvalue weighted by atomic mass is 10.2. The molecule has 0 aliphatic heterocycles. The van der Waals surface area contributed by atoms with Gasteiger partial charge in [-0.25, -0.2) is 4.79 Å². The van der Waals surface area contributed by atoms with Crippen molar-refractivity contribution in [3.63, 3.8) is 0 Å². The highest BCUT2D eigenvalue weighted by atomic mass is 16.5. The maximum Gasteiger partial charge on any atom is 0.330 e. The first-order chi connectivity index (χ1) is 6.68. The van der Waals surface area contributed by atoms with Crippen molar-refractivity contribution < 1.29 is 19.7 Å². The Morgan fingerprint density at radius 1 is 1.36 bits per heavy atom. The number of unbranched alkanes of at least 4 members (excludes halogenated alkanes) is 1. The van der Waals surface area contributed by atoms with Crippen molar-refractivity contribution in [1.29, 1.82) is 0 Å². The van der Waals surface area contributed by atoms with E-state index in [0.29, 0.717) is 25.2 Å². The van der Waals surface area contributed by atoms with E-state index in [0.717, 1.165) is 12.8 Å². The van der Waals surface area contributed by atoms with Crippen LogP contribution in [0.3, 0.4) is 0 Å². The Balaban J connectivity index is 3.29. The van der Waals surface area contributed by atoms with E-state index < -0.39 is 5.97 Å². The molecule has 0 aromatic carbocycles. The maximum atomic E-state index is 10.4. The number of allylic oxidation sites excluding steroid dienone is 1. The summed E-state index contributed by atoms with van der Waals surface area (Å²) in [5.74, 6) is -0.869. The van der Waals surface area contributed by atoms with Gasteiger partial charge in [0.2, 0.25) is 0 Å². The number of rotatable bonds is 8. The second-order valence-electron chi connectivity index (χ2n) is 3.02. The van der Waals surface area contributed by atoms with Gasteiger partial charge in [-0.1, -0.05) is 6.08 Å². The molecule has 0 spiro atoms. The maximum absolute atomic E-state index is 10.4. The van der Waals surface area contributed by atoms with Crippen LogP contribution in [0.15, 0.2) is 11.6 Å². The van der Waals surface area contributed by atoms with Crippen LogP contribution in [-0.2, 0) is 9.53 Å². The van der Waals surface area contributed by atoms with Crippen molar-refractivity contribution in [1.82, 2.24) is 0 Å². The molecule has 0 aliphatic carbocycles. The highest BCUT2D eigenvalue weighted by molar-refractivity contribution is 5.85. The van der Waals surface area contributed by atoms with E-state index in [2.05, 4.69) is 0 Å². The van der Waals surface area contributed by atoms with Crippen molar-refractivity contribution in [2.45, 2.75) is 26.2 Å². The third-order valence-electron chi connectivity index (χ3n) is 1.73. The lowest BCUT2D eigenvalue weighted by Gasteiger charge is -2.00. The van der Waals surface area contributed by atoms with Gasteiger partial charge in [-0.2, -0.15) is 0 Å². The summed E-state index contributed by atoms with van der Waals surface area (Å²) in [7, 11) is 0. The van der Waals surface area contributed by atoms with Gasteiger partial charge in [0.25, 0.3) is 0 Å². The number of aliphatic carboxylic acids is 1. The molecule has 0 aliphatic rings. The van der Waals surface area contributed by atoms with Crippen LogP contribution in [0.5, 0.6) is 0 Å². The van der Waals surface area contributed by atoms with Crippen molar-refractivity contribution in [3.8, 4) is 0 Å². The third-order valence-corrected chi connectivity index (χ3v) is 1.73. The van der Waals surface area contributed by atoms with Crippen LogP contribution in [0.2, 0.25) is 0 Å². The number of ether oxygens (including phenoxy) is 1. The molecular formula is C10H18O4. The van der Waals surface area contributed by atoms with Crippen molar-refractivity contribution >= 4 is 5.97 Å². The smallest absolute Gasteiger partial charge is 0.330 e. The van der Waals surface area contributed by atoms with Crippen molar-refractivity contribution in [3.05, 3.63) is 11.6 Å². The molecule has 0 aromatic rings. The molecule has 0 bridgehead atoms. The Morgan fingerprint density at radius 2 is 2.00 bits per heavy atom. The van der Waals surface area contributed by atoms with Crippen molar-refractivity contribution in [2.24, 2.45) is 0 Å². The molecular weight excluding hydrogens is 184 g/mol. The molecule has 82 valence electrons. The third kappa shape index (κ3) is 7.76. The number of hydrogen-bond acceptors (Lipinski definition) is 3. The zero-order chi connectivity index (χ0) is 10.8. The monoisotopic (exact) mass is 202 g/mol. The molecule has 0 fully saturated rings. The standard InChI is InChI=1S/C10H18O4/c1-9(10(12)13)5-2-3-7-14-8-4-6-11/h5,11H,2-4,6-8H2,1H3,(H,12,13). The van der Waals surface area contributed by atoms with Crippen LogP contribution in [0.1, 0.15) is 26.2 Å². The van der Waals surface area contributed by atoms with Gasteiger partial charge in [-0.05, 0) is 26.2 Å². The van der Waals surface area contributed by atoms with Crippen LogP contribution >= 0.6 is 0 Å². The van der Waals surface area contributed by atoms with Gasteiger partial charge in [0, 0.05) is 25.4 Å². The number of carbonyl (C=O) groups is 1. The average Bonchev–Trinajstić information content (AvgIpc) is 2.16. The molecule has 0 heterocycles. The summed E-state index contributed by atoms with van der Waals surface area (Å²) in [6.07, 6.45) is 3.88. The number of aliphatic hydroxyl groups is 1. The van der Waals surface area contributed by atoms with Gasteiger partial charge in [0.05, 0.1) is 0 Å². The fourth-order valence-corrected chi connectivity index (χ4v) is 0.860. The number of hydrogen-bond donors (Lipinski definition) is 2. The molecule has 0 unspecified atom stereocenters. The summed E-state index contributed by atoms with van der Waals surface area (Å²) in [4.78, 5) is 10.4. The lowest BCUT2D eigenvalue weighted by molar-refractivity contribution is -0.132. The van der Waals surface area contributed by atoms with Crippen molar-refractivity contribution in [2.75, 3.05) is 19.8 Å². The lowest BCUT2D eigenvalue weighted by Crippen LogP contribution is -1.99. The SMILES string of the molecule is CC(=CCCCOCCCO)C(=O)O. The van der Waals surface area contributed by atoms with Gasteiger partial charge in [0.15, 0.2) is 0 Å². The topological polar surface area (TPSA) is 66.8 Å². The summed E-state index contributed by atoms with van der Waals surface area (Å²) in [6.45, 7) is 2.91. The number of aliphatic hydroxyl groups excluding tert-OH is 1. The average molecular weight is 202 g/mol. The van der Waals surface area contributed by atoms with E-state index in [9.17, 15) is 4.79 Å². The largest absolute Gasteiger partial charge is 0.478 e. The summed E-state index contributed by atoms with van der Waals surface area (Å²) in [5.41, 5.74) is 0.375. The normalized spacial score (nSPS) is 11.7. The van der Waals surface area contributed by atoms with E-state index in [1.54, 1.807) is 13.0 Å². The Labute approximate surface area is 84.2 Å². The van der Waals surface area contributed by atoms with Crippen LogP contribution < -0.4 is 0 Å². The zero-order valence-corrected chi connectivity index (χ0v) is 8.53. The van der Waals surface area contributed by atoms with Crippen LogP contribution in [0.4, 0.5) is 0 Å². The quantitative estimate of drug-likeness (QED) is 0.458. The van der Waals surface area contributed by atoms with Crippen LogP contribution in [0.25, 0.3) is 0 Å². The second kappa shape index (κ2) is 8.72. The minimum absolute atomic E-state index is 0.151. The number of carboxylic acid groups (broad SMARTS) is 1. The fraction of sp³-hybridized carbons (Fsp3) is 0.700. The summed E-state index contributed by atoms with van der Waals surface area (Å²) in [5, 5.41) is 17.0. The van der Waals surface area contributed by atoms with E-state index in [-0.39, 0.29) is 6.61 Å². The van der Waals surface area contributed by atoms with Crippen LogP contribution in [-0.4, -0.2) is 36.0 Å². The molecule has 0 amide bonds. The predicted octanol–water partition coefficient (Wildman–Crippen LogP) is 1.20. The highest BCUT2D eigenvalue weighted by Crippen LogP contribution is 1.99. The Morgan fingerprint density at radius 3 is 2.57 bits per heavy atom. The first kappa shape index (κ1) is 13.1. The Hall–Kier alpha value is -0.870.